The maximum Gasteiger partial charge on any atom is 0.222 e. The first-order valence-electron chi connectivity index (χ1n) is 5.62. The summed E-state index contributed by atoms with van der Waals surface area (Å²) < 4.78 is 0. The number of hydrogen-bond donors (Lipinski definition) is 2. The summed E-state index contributed by atoms with van der Waals surface area (Å²) in [7, 11) is 0. The highest BCUT2D eigenvalue weighted by Gasteiger charge is 2.11. The van der Waals surface area contributed by atoms with Gasteiger partial charge in [-0.3, -0.25) is 4.79 Å². The Labute approximate surface area is 99.8 Å². The second-order valence-corrected chi connectivity index (χ2v) is 3.89. The van der Waals surface area contributed by atoms with Crippen molar-refractivity contribution in [3.8, 4) is 0 Å². The molecule has 0 aromatic rings. The van der Waals surface area contributed by atoms with Crippen molar-refractivity contribution in [1.82, 2.24) is 10.6 Å². The van der Waals surface area contributed by atoms with Crippen LogP contribution in [-0.4, -0.2) is 25.0 Å². The zero-order chi connectivity index (χ0) is 11.0. The van der Waals surface area contributed by atoms with Gasteiger partial charge in [-0.05, 0) is 19.9 Å². The molecule has 0 aliphatic carbocycles. The van der Waals surface area contributed by atoms with E-state index >= 15 is 0 Å². The predicted octanol–water partition coefficient (Wildman–Crippen LogP) is 1.96. The van der Waals surface area contributed by atoms with Crippen molar-refractivity contribution in [3.63, 3.8) is 0 Å². The van der Waals surface area contributed by atoms with Crippen LogP contribution >= 0.6 is 12.4 Å². The lowest BCUT2D eigenvalue weighted by molar-refractivity contribution is -0.124. The Balaban J connectivity index is 0. The third kappa shape index (κ3) is 8.70. The Kier molecular flexibility index (Phi) is 11.7. The van der Waals surface area contributed by atoms with Gasteiger partial charge in [0.1, 0.15) is 0 Å². The van der Waals surface area contributed by atoms with Crippen molar-refractivity contribution in [2.45, 2.75) is 46.6 Å². The summed E-state index contributed by atoms with van der Waals surface area (Å²) in [5.41, 5.74) is 0. The van der Waals surface area contributed by atoms with Crippen molar-refractivity contribution < 1.29 is 4.79 Å². The molecule has 0 bridgehead atoms. The zero-order valence-electron chi connectivity index (χ0n) is 10.3. The van der Waals surface area contributed by atoms with Crippen molar-refractivity contribution in [1.29, 1.82) is 0 Å². The number of carbonyl (C=O) groups excluding carboxylic acids is 1. The van der Waals surface area contributed by atoms with E-state index in [1.54, 1.807) is 0 Å². The molecule has 4 heteroatoms. The number of amides is 1. The Morgan fingerprint density at radius 3 is 2.33 bits per heavy atom. The lowest BCUT2D eigenvalue weighted by atomic mass is 10.1. The van der Waals surface area contributed by atoms with Gasteiger partial charge in [0, 0.05) is 18.5 Å². The van der Waals surface area contributed by atoms with Gasteiger partial charge in [0.25, 0.3) is 0 Å². The van der Waals surface area contributed by atoms with Crippen molar-refractivity contribution in [2.24, 2.45) is 5.92 Å². The molecule has 0 aromatic carbocycles. The Hall–Kier alpha value is -0.280. The Bertz CT molecular complexity index is 165. The molecule has 3 nitrogen and oxygen atoms in total. The topological polar surface area (TPSA) is 41.1 Å². The van der Waals surface area contributed by atoms with Crippen LogP contribution in [0.25, 0.3) is 0 Å². The average molecular weight is 237 g/mol. The molecule has 0 aliphatic rings. The second kappa shape index (κ2) is 10.2. The molecule has 0 aromatic heterocycles. The molecular weight excluding hydrogens is 212 g/mol. The molecule has 0 saturated carbocycles. The van der Waals surface area contributed by atoms with E-state index in [0.717, 1.165) is 25.9 Å². The van der Waals surface area contributed by atoms with Gasteiger partial charge in [-0.25, -0.2) is 0 Å². The minimum absolute atomic E-state index is 0. The van der Waals surface area contributed by atoms with E-state index in [9.17, 15) is 4.79 Å². The summed E-state index contributed by atoms with van der Waals surface area (Å²) in [5.74, 6) is 0.324. The van der Waals surface area contributed by atoms with Crippen LogP contribution in [0.4, 0.5) is 0 Å². The van der Waals surface area contributed by atoms with Crippen LogP contribution in [0.5, 0.6) is 0 Å². The Morgan fingerprint density at radius 2 is 1.87 bits per heavy atom. The van der Waals surface area contributed by atoms with Gasteiger partial charge in [-0.15, -0.1) is 12.4 Å². The van der Waals surface area contributed by atoms with Crippen LogP contribution in [0.1, 0.15) is 40.5 Å². The third-order valence-electron chi connectivity index (χ3n) is 2.30. The van der Waals surface area contributed by atoms with Crippen LogP contribution in [-0.2, 0) is 4.79 Å². The summed E-state index contributed by atoms with van der Waals surface area (Å²) in [6.45, 7) is 9.90. The summed E-state index contributed by atoms with van der Waals surface area (Å²) in [6.07, 6.45) is 2.04. The molecule has 0 radical (unpaired) electrons. The van der Waals surface area contributed by atoms with Crippen LogP contribution in [0.3, 0.4) is 0 Å². The number of halogens is 1. The van der Waals surface area contributed by atoms with Gasteiger partial charge in [0.2, 0.25) is 5.91 Å². The second-order valence-electron chi connectivity index (χ2n) is 3.89. The van der Waals surface area contributed by atoms with Gasteiger partial charge in [0.15, 0.2) is 0 Å². The summed E-state index contributed by atoms with van der Waals surface area (Å²) in [5, 5.41) is 6.21. The van der Waals surface area contributed by atoms with E-state index in [2.05, 4.69) is 31.4 Å². The van der Waals surface area contributed by atoms with E-state index < -0.39 is 0 Å². The molecule has 15 heavy (non-hydrogen) atoms. The van der Waals surface area contributed by atoms with Crippen molar-refractivity contribution in [3.05, 3.63) is 0 Å². The smallest absolute Gasteiger partial charge is 0.222 e. The molecule has 0 fully saturated rings. The number of likely N-dealkylation sites (N-methyl/N-ethyl adjacent to an activating group) is 1. The first-order valence-corrected chi connectivity index (χ1v) is 5.62. The molecule has 2 N–H and O–H groups in total. The van der Waals surface area contributed by atoms with Crippen LogP contribution in [0, 0.1) is 5.92 Å². The zero-order valence-corrected chi connectivity index (χ0v) is 11.1. The third-order valence-corrected chi connectivity index (χ3v) is 2.30. The molecule has 92 valence electrons. The monoisotopic (exact) mass is 236 g/mol. The van der Waals surface area contributed by atoms with E-state index in [-0.39, 0.29) is 24.2 Å². The molecule has 0 rings (SSSR count). The summed E-state index contributed by atoms with van der Waals surface area (Å²) >= 11 is 0. The minimum atomic E-state index is 0. The lowest BCUT2D eigenvalue weighted by Gasteiger charge is -2.15. The molecular formula is C11H25ClN2O. The van der Waals surface area contributed by atoms with E-state index in [4.69, 9.17) is 0 Å². The van der Waals surface area contributed by atoms with Crippen molar-refractivity contribution in [2.75, 3.05) is 13.1 Å². The largest absolute Gasteiger partial charge is 0.354 e. The molecule has 2 atom stereocenters. The van der Waals surface area contributed by atoms with Crippen molar-refractivity contribution >= 4 is 18.3 Å². The SMILES string of the molecule is CCCC(C)C(=O)NC[C@@H](C)NCC.Cl. The molecule has 1 amide bonds. The molecule has 1 unspecified atom stereocenters. The highest BCUT2D eigenvalue weighted by Crippen LogP contribution is 2.04. The minimum Gasteiger partial charge on any atom is -0.354 e. The van der Waals surface area contributed by atoms with Gasteiger partial charge >= 0.3 is 0 Å². The number of hydrogen-bond acceptors (Lipinski definition) is 2. The normalized spacial score (nSPS) is 13.9. The first kappa shape index (κ1) is 17.1. The Morgan fingerprint density at radius 1 is 1.27 bits per heavy atom. The van der Waals surface area contributed by atoms with Gasteiger partial charge in [0.05, 0.1) is 0 Å². The standard InChI is InChI=1S/C11H24N2O.ClH/c1-5-7-9(3)11(14)13-8-10(4)12-6-2;/h9-10,12H,5-8H2,1-4H3,(H,13,14);1H/t9?,10-;/m1./s1. The van der Waals surface area contributed by atoms with Crippen LogP contribution in [0.15, 0.2) is 0 Å². The number of rotatable bonds is 7. The number of nitrogens with one attached hydrogen (secondary N) is 2. The maximum absolute atomic E-state index is 11.5. The van der Waals surface area contributed by atoms with Gasteiger partial charge < -0.3 is 10.6 Å². The fourth-order valence-electron chi connectivity index (χ4n) is 1.41. The van der Waals surface area contributed by atoms with E-state index in [1.165, 1.54) is 0 Å². The highest BCUT2D eigenvalue weighted by molar-refractivity contribution is 5.85. The van der Waals surface area contributed by atoms with Crippen LogP contribution in [0.2, 0.25) is 0 Å². The first-order chi connectivity index (χ1) is 6.61. The van der Waals surface area contributed by atoms with E-state index in [1.807, 2.05) is 6.92 Å². The molecule has 0 spiro atoms. The summed E-state index contributed by atoms with van der Waals surface area (Å²) in [6, 6.07) is 0.359. The quantitative estimate of drug-likeness (QED) is 0.710. The average Bonchev–Trinajstić information content (AvgIpc) is 2.15. The lowest BCUT2D eigenvalue weighted by Crippen LogP contribution is -2.40. The van der Waals surface area contributed by atoms with Crippen LogP contribution < -0.4 is 10.6 Å². The fraction of sp³-hybridized carbons (Fsp3) is 0.909. The van der Waals surface area contributed by atoms with Gasteiger partial charge in [-0.1, -0.05) is 27.2 Å². The predicted molar refractivity (Wildman–Crippen MR) is 67.5 cm³/mol. The fourth-order valence-corrected chi connectivity index (χ4v) is 1.41. The number of carbonyl (C=O) groups is 1. The molecule has 0 saturated heterocycles. The van der Waals surface area contributed by atoms with Gasteiger partial charge in [-0.2, -0.15) is 0 Å². The molecule has 0 heterocycles. The molecule has 0 aliphatic heterocycles. The van der Waals surface area contributed by atoms with E-state index in [0.29, 0.717) is 6.04 Å². The maximum atomic E-state index is 11.5. The highest BCUT2D eigenvalue weighted by atomic mass is 35.5. The summed E-state index contributed by atoms with van der Waals surface area (Å²) in [4.78, 5) is 11.5.